The first kappa shape index (κ1) is 24.6. The Morgan fingerprint density at radius 2 is 0.903 bits per heavy atom. The number of carbonyl (C=O) groups is 1. The molecular weight excluding hydrogens is 402 g/mol. The van der Waals surface area contributed by atoms with Crippen molar-refractivity contribution in [3.63, 3.8) is 0 Å². The number of benzene rings is 2. The average Bonchev–Trinajstić information content (AvgIpc) is 2.80. The van der Waals surface area contributed by atoms with Crippen LogP contribution in [0.3, 0.4) is 0 Å². The molecule has 0 saturated heterocycles. The number of anilines is 1. The predicted octanol–water partition coefficient (Wildman–Crippen LogP) is 2.61. The van der Waals surface area contributed by atoms with Gasteiger partial charge in [0.15, 0.2) is 0 Å². The monoisotopic (exact) mass is 433 g/mol. The molecule has 0 aromatic heterocycles. The van der Waals surface area contributed by atoms with E-state index in [1.165, 1.54) is 0 Å². The van der Waals surface area contributed by atoms with E-state index < -0.39 is 0 Å². The Balaban J connectivity index is 1.28. The molecule has 0 heterocycles. The van der Waals surface area contributed by atoms with Gasteiger partial charge in [-0.2, -0.15) is 0 Å². The van der Waals surface area contributed by atoms with Crippen LogP contribution in [-0.2, 0) is 18.9 Å². The van der Waals surface area contributed by atoms with Crippen LogP contribution in [0.25, 0.3) is 0 Å². The van der Waals surface area contributed by atoms with E-state index in [4.69, 9.17) is 34.2 Å². The van der Waals surface area contributed by atoms with E-state index in [2.05, 4.69) is 0 Å². The van der Waals surface area contributed by atoms with Gasteiger partial charge in [0.2, 0.25) is 0 Å². The molecule has 0 spiro atoms. The first-order valence-electron chi connectivity index (χ1n) is 10.3. The molecule has 0 aliphatic rings. The summed E-state index contributed by atoms with van der Waals surface area (Å²) in [4.78, 5) is 10.6. The number of nitrogens with two attached hydrogens (primary N) is 1. The lowest BCUT2D eigenvalue weighted by molar-refractivity contribution is -0.00698. The van der Waals surface area contributed by atoms with E-state index in [1.54, 1.807) is 36.4 Å². The van der Waals surface area contributed by atoms with E-state index in [0.717, 1.165) is 12.0 Å². The molecule has 0 atom stereocenters. The van der Waals surface area contributed by atoms with E-state index in [1.807, 2.05) is 12.1 Å². The number of nitrogen functional groups attached to an aromatic ring is 1. The third kappa shape index (κ3) is 12.0. The van der Waals surface area contributed by atoms with Gasteiger partial charge in [-0.3, -0.25) is 4.79 Å². The van der Waals surface area contributed by atoms with Gasteiger partial charge in [0.05, 0.1) is 52.9 Å². The van der Waals surface area contributed by atoms with Crippen LogP contribution in [-0.4, -0.2) is 72.4 Å². The Morgan fingerprint density at radius 1 is 0.548 bits per heavy atom. The highest BCUT2D eigenvalue weighted by Gasteiger charge is 1.97. The number of aldehydes is 1. The highest BCUT2D eigenvalue weighted by Crippen LogP contribution is 2.12. The number of ether oxygens (including phenoxy) is 6. The molecule has 170 valence electrons. The van der Waals surface area contributed by atoms with Gasteiger partial charge in [-0.05, 0) is 48.5 Å². The molecular formula is C23H31NO7. The van der Waals surface area contributed by atoms with Gasteiger partial charge in [0.25, 0.3) is 0 Å². The van der Waals surface area contributed by atoms with Crippen molar-refractivity contribution >= 4 is 12.0 Å². The van der Waals surface area contributed by atoms with Crippen LogP contribution in [0.4, 0.5) is 5.69 Å². The second-order valence-corrected chi connectivity index (χ2v) is 6.40. The van der Waals surface area contributed by atoms with Gasteiger partial charge >= 0.3 is 0 Å². The molecule has 2 N–H and O–H groups in total. The molecule has 0 aliphatic carbocycles. The second-order valence-electron chi connectivity index (χ2n) is 6.40. The zero-order chi connectivity index (χ0) is 22.0. The molecule has 0 unspecified atom stereocenters. The highest BCUT2D eigenvalue weighted by atomic mass is 16.6. The van der Waals surface area contributed by atoms with E-state index in [-0.39, 0.29) is 0 Å². The van der Waals surface area contributed by atoms with Gasteiger partial charge < -0.3 is 34.2 Å². The van der Waals surface area contributed by atoms with Gasteiger partial charge in [0, 0.05) is 11.3 Å². The summed E-state index contributed by atoms with van der Waals surface area (Å²) in [7, 11) is 0. The molecule has 0 radical (unpaired) electrons. The molecule has 2 aromatic rings. The van der Waals surface area contributed by atoms with Crippen molar-refractivity contribution in [3.05, 3.63) is 54.1 Å². The van der Waals surface area contributed by atoms with Crippen molar-refractivity contribution in [2.75, 3.05) is 71.8 Å². The fourth-order valence-electron chi connectivity index (χ4n) is 2.41. The quantitative estimate of drug-likeness (QED) is 0.218. The average molecular weight is 434 g/mol. The van der Waals surface area contributed by atoms with Crippen molar-refractivity contribution in [1.82, 2.24) is 0 Å². The standard InChI is InChI=1S/C23H31NO7/c24-21-3-7-23(8-4-21)31-18-16-29-14-12-27-10-9-26-11-13-28-15-17-30-22-5-1-20(19-25)2-6-22/h1-8,19H,9-18,24H2. The van der Waals surface area contributed by atoms with Crippen LogP contribution in [0.15, 0.2) is 48.5 Å². The van der Waals surface area contributed by atoms with Crippen molar-refractivity contribution in [3.8, 4) is 11.5 Å². The molecule has 0 bridgehead atoms. The first-order chi connectivity index (χ1) is 15.3. The van der Waals surface area contributed by atoms with Crippen molar-refractivity contribution in [1.29, 1.82) is 0 Å². The zero-order valence-electron chi connectivity index (χ0n) is 17.7. The molecule has 8 nitrogen and oxygen atoms in total. The highest BCUT2D eigenvalue weighted by molar-refractivity contribution is 5.74. The first-order valence-corrected chi connectivity index (χ1v) is 10.3. The maximum atomic E-state index is 10.6. The van der Waals surface area contributed by atoms with Crippen LogP contribution in [0.5, 0.6) is 11.5 Å². The summed E-state index contributed by atoms with van der Waals surface area (Å²) in [5.41, 5.74) is 6.95. The van der Waals surface area contributed by atoms with Crippen molar-refractivity contribution < 1.29 is 33.2 Å². The Bertz CT molecular complexity index is 707. The minimum Gasteiger partial charge on any atom is -0.491 e. The largest absolute Gasteiger partial charge is 0.491 e. The van der Waals surface area contributed by atoms with E-state index in [9.17, 15) is 4.79 Å². The molecule has 0 amide bonds. The summed E-state index contributed by atoms with van der Waals surface area (Å²) in [6.45, 7) is 4.89. The topological polar surface area (TPSA) is 98.5 Å². The normalized spacial score (nSPS) is 10.7. The number of rotatable bonds is 18. The number of carbonyl (C=O) groups excluding carboxylic acids is 1. The minimum absolute atomic E-state index is 0.439. The Morgan fingerprint density at radius 3 is 1.29 bits per heavy atom. The summed E-state index contributed by atoms with van der Waals surface area (Å²) >= 11 is 0. The summed E-state index contributed by atoms with van der Waals surface area (Å²) in [6, 6.07) is 14.2. The predicted molar refractivity (Wildman–Crippen MR) is 117 cm³/mol. The van der Waals surface area contributed by atoms with E-state index in [0.29, 0.717) is 83.1 Å². The van der Waals surface area contributed by atoms with Gasteiger partial charge in [0.1, 0.15) is 31.0 Å². The van der Waals surface area contributed by atoms with E-state index >= 15 is 0 Å². The fourth-order valence-corrected chi connectivity index (χ4v) is 2.41. The lowest BCUT2D eigenvalue weighted by atomic mass is 10.2. The number of hydrogen-bond acceptors (Lipinski definition) is 8. The zero-order valence-corrected chi connectivity index (χ0v) is 17.7. The Kier molecular flexibility index (Phi) is 12.8. The lowest BCUT2D eigenvalue weighted by Gasteiger charge is -2.09. The molecule has 0 fully saturated rings. The third-order valence-electron chi connectivity index (χ3n) is 4.01. The van der Waals surface area contributed by atoms with Crippen LogP contribution in [0, 0.1) is 0 Å². The fraction of sp³-hybridized carbons (Fsp3) is 0.435. The summed E-state index contributed by atoms with van der Waals surface area (Å²) in [5, 5.41) is 0. The summed E-state index contributed by atoms with van der Waals surface area (Å²) in [6.07, 6.45) is 0.799. The van der Waals surface area contributed by atoms with Crippen LogP contribution >= 0.6 is 0 Å². The molecule has 2 rings (SSSR count). The molecule has 31 heavy (non-hydrogen) atoms. The maximum Gasteiger partial charge on any atom is 0.150 e. The molecule has 8 heteroatoms. The van der Waals surface area contributed by atoms with Crippen LogP contribution in [0.2, 0.25) is 0 Å². The third-order valence-corrected chi connectivity index (χ3v) is 4.01. The Labute approximate surface area is 183 Å². The van der Waals surface area contributed by atoms with Gasteiger partial charge in [-0.25, -0.2) is 0 Å². The van der Waals surface area contributed by atoms with Crippen molar-refractivity contribution in [2.45, 2.75) is 0 Å². The van der Waals surface area contributed by atoms with Crippen LogP contribution in [0.1, 0.15) is 10.4 Å². The number of hydrogen-bond donors (Lipinski definition) is 1. The smallest absolute Gasteiger partial charge is 0.150 e. The molecule has 0 saturated carbocycles. The van der Waals surface area contributed by atoms with Crippen molar-refractivity contribution in [2.24, 2.45) is 0 Å². The summed E-state index contributed by atoms with van der Waals surface area (Å²) < 4.78 is 32.8. The lowest BCUT2D eigenvalue weighted by Crippen LogP contribution is -2.14. The maximum absolute atomic E-state index is 10.6. The van der Waals surface area contributed by atoms with Gasteiger partial charge in [-0.1, -0.05) is 0 Å². The van der Waals surface area contributed by atoms with Gasteiger partial charge in [-0.15, -0.1) is 0 Å². The minimum atomic E-state index is 0.439. The van der Waals surface area contributed by atoms with Crippen LogP contribution < -0.4 is 15.2 Å². The Hall–Kier alpha value is -2.65. The second kappa shape index (κ2) is 16.1. The SMILES string of the molecule is Nc1ccc(OCCOCCOCCOCCOCCOc2ccc(C=O)cc2)cc1. The summed E-state index contributed by atoms with van der Waals surface area (Å²) in [5.74, 6) is 1.48. The molecule has 2 aromatic carbocycles. The molecule has 0 aliphatic heterocycles.